The van der Waals surface area contributed by atoms with Gasteiger partial charge in [-0.2, -0.15) is 5.26 Å². The van der Waals surface area contributed by atoms with E-state index in [9.17, 15) is 10.1 Å². The molecular formula is C21H25NO. The highest BCUT2D eigenvalue weighted by Gasteiger charge is 2.69. The fourth-order valence-corrected chi connectivity index (χ4v) is 7.20. The van der Waals surface area contributed by atoms with Crippen molar-refractivity contribution in [3.05, 3.63) is 23.8 Å². The molecule has 3 saturated carbocycles. The zero-order valence-corrected chi connectivity index (χ0v) is 14.1. The van der Waals surface area contributed by atoms with Crippen molar-refractivity contribution in [3.8, 4) is 6.07 Å². The topological polar surface area (TPSA) is 40.9 Å². The van der Waals surface area contributed by atoms with Crippen molar-refractivity contribution in [1.29, 1.82) is 5.26 Å². The second kappa shape index (κ2) is 4.18. The Kier molecular flexibility index (Phi) is 2.55. The predicted molar refractivity (Wildman–Crippen MR) is 88.1 cm³/mol. The summed E-state index contributed by atoms with van der Waals surface area (Å²) in [5.41, 5.74) is 1.69. The Labute approximate surface area is 138 Å². The smallest absolute Gasteiger partial charge is 0.156 e. The van der Waals surface area contributed by atoms with Crippen LogP contribution in [0.25, 0.3) is 0 Å². The van der Waals surface area contributed by atoms with E-state index >= 15 is 0 Å². The third kappa shape index (κ3) is 1.57. The van der Waals surface area contributed by atoms with Crippen molar-refractivity contribution in [2.45, 2.75) is 46.0 Å². The molecule has 3 fully saturated rings. The molecule has 4 unspecified atom stereocenters. The second-order valence-electron chi connectivity index (χ2n) is 9.27. The molecule has 2 nitrogen and oxygen atoms in total. The Morgan fingerprint density at radius 3 is 2.87 bits per heavy atom. The molecule has 0 heterocycles. The van der Waals surface area contributed by atoms with Gasteiger partial charge >= 0.3 is 0 Å². The third-order valence-corrected chi connectivity index (χ3v) is 8.45. The number of rotatable bonds is 0. The molecule has 5 aliphatic carbocycles. The zero-order valence-electron chi connectivity index (χ0n) is 14.1. The van der Waals surface area contributed by atoms with Crippen LogP contribution >= 0.6 is 0 Å². The summed E-state index contributed by atoms with van der Waals surface area (Å²) < 4.78 is 0. The highest BCUT2D eigenvalue weighted by atomic mass is 16.1. The lowest BCUT2D eigenvalue weighted by atomic mass is 9.48. The van der Waals surface area contributed by atoms with Crippen LogP contribution in [-0.4, -0.2) is 5.78 Å². The quantitative estimate of drug-likeness (QED) is 0.670. The van der Waals surface area contributed by atoms with E-state index in [0.717, 1.165) is 12.3 Å². The van der Waals surface area contributed by atoms with Gasteiger partial charge in [-0.05, 0) is 77.8 Å². The number of carbonyl (C=O) groups is 1. The number of allylic oxidation sites excluding steroid dienone is 4. The molecule has 0 aromatic heterocycles. The van der Waals surface area contributed by atoms with E-state index in [4.69, 9.17) is 0 Å². The minimum Gasteiger partial charge on any atom is -0.295 e. The number of nitriles is 1. The van der Waals surface area contributed by atoms with Crippen molar-refractivity contribution in [2.24, 2.45) is 46.3 Å². The maximum atomic E-state index is 11.8. The standard InChI is InChI=1S/C21H25NO/c1-20-7-5-13(23)9-12(20)3-4-14-17(20)6-8-21(2)18(11-22)15-10-16(15)19(14)21/h3-4,9,14-19H,5-8,10H2,1-2H3/t14?,15-,16?,17?,18-,19?,20-,21+/m0/s1. The summed E-state index contributed by atoms with van der Waals surface area (Å²) in [6, 6.07) is 2.68. The molecule has 0 spiro atoms. The average Bonchev–Trinajstić information content (AvgIpc) is 3.23. The van der Waals surface area contributed by atoms with Crippen LogP contribution in [-0.2, 0) is 4.79 Å². The third-order valence-electron chi connectivity index (χ3n) is 8.45. The molecule has 120 valence electrons. The molecule has 0 amide bonds. The van der Waals surface area contributed by atoms with Crippen molar-refractivity contribution in [3.63, 3.8) is 0 Å². The predicted octanol–water partition coefficient (Wildman–Crippen LogP) is 4.29. The number of carbonyl (C=O) groups excluding carboxylic acids is 1. The van der Waals surface area contributed by atoms with Gasteiger partial charge in [0.25, 0.3) is 0 Å². The second-order valence-corrected chi connectivity index (χ2v) is 9.27. The van der Waals surface area contributed by atoms with Crippen LogP contribution in [0.5, 0.6) is 0 Å². The fraction of sp³-hybridized carbons (Fsp3) is 0.714. The van der Waals surface area contributed by atoms with Gasteiger partial charge in [-0.1, -0.05) is 26.0 Å². The number of ketones is 1. The molecule has 0 aromatic carbocycles. The van der Waals surface area contributed by atoms with E-state index in [1.165, 1.54) is 24.8 Å². The van der Waals surface area contributed by atoms with Gasteiger partial charge in [-0.15, -0.1) is 0 Å². The van der Waals surface area contributed by atoms with Crippen molar-refractivity contribution < 1.29 is 4.79 Å². The number of fused-ring (bicyclic) bond motifs is 7. The molecule has 23 heavy (non-hydrogen) atoms. The molecule has 5 rings (SSSR count). The minimum absolute atomic E-state index is 0.184. The lowest BCUT2D eigenvalue weighted by Crippen LogP contribution is -2.50. The zero-order chi connectivity index (χ0) is 16.0. The molecule has 0 saturated heterocycles. The monoisotopic (exact) mass is 307 g/mol. The molecule has 5 aliphatic rings. The van der Waals surface area contributed by atoms with E-state index in [1.807, 2.05) is 6.08 Å². The molecule has 0 radical (unpaired) electrons. The summed E-state index contributed by atoms with van der Waals surface area (Å²) in [6.45, 7) is 4.80. The maximum absolute atomic E-state index is 11.8. The van der Waals surface area contributed by atoms with Gasteiger partial charge < -0.3 is 0 Å². The van der Waals surface area contributed by atoms with Crippen molar-refractivity contribution in [2.75, 3.05) is 0 Å². The Morgan fingerprint density at radius 2 is 2.09 bits per heavy atom. The van der Waals surface area contributed by atoms with Gasteiger partial charge in [0.05, 0.1) is 12.0 Å². The molecule has 0 N–H and O–H groups in total. The Balaban J connectivity index is 1.59. The van der Waals surface area contributed by atoms with Crippen LogP contribution in [0.2, 0.25) is 0 Å². The van der Waals surface area contributed by atoms with E-state index in [1.54, 1.807) is 0 Å². The largest absolute Gasteiger partial charge is 0.295 e. The van der Waals surface area contributed by atoms with Gasteiger partial charge in [-0.3, -0.25) is 4.79 Å². The number of nitrogens with zero attached hydrogens (tertiary/aromatic N) is 1. The molecule has 0 aliphatic heterocycles. The van der Waals surface area contributed by atoms with Crippen LogP contribution in [0.4, 0.5) is 0 Å². The van der Waals surface area contributed by atoms with Crippen LogP contribution in [0.1, 0.15) is 46.0 Å². The lowest BCUT2D eigenvalue weighted by Gasteiger charge is -2.56. The normalized spacial score (nSPS) is 55.9. The minimum atomic E-state index is 0.184. The van der Waals surface area contributed by atoms with Crippen LogP contribution in [0.3, 0.4) is 0 Å². The molecule has 0 aromatic rings. The molecular weight excluding hydrogens is 282 g/mol. The molecule has 8 atom stereocenters. The van der Waals surface area contributed by atoms with E-state index in [2.05, 4.69) is 32.1 Å². The summed E-state index contributed by atoms with van der Waals surface area (Å²) in [6.07, 6.45) is 12.0. The Hall–Kier alpha value is -1.36. The van der Waals surface area contributed by atoms with Crippen molar-refractivity contribution >= 4 is 5.78 Å². The fourth-order valence-electron chi connectivity index (χ4n) is 7.20. The highest BCUT2D eigenvalue weighted by molar-refractivity contribution is 5.92. The van der Waals surface area contributed by atoms with Crippen molar-refractivity contribution in [1.82, 2.24) is 0 Å². The first-order chi connectivity index (χ1) is 11.0. The summed E-state index contributed by atoms with van der Waals surface area (Å²) in [4.78, 5) is 11.8. The van der Waals surface area contributed by atoms with E-state index in [0.29, 0.717) is 35.9 Å². The van der Waals surface area contributed by atoms with E-state index < -0.39 is 0 Å². The molecule has 2 heteroatoms. The summed E-state index contributed by atoms with van der Waals surface area (Å²) >= 11 is 0. The Morgan fingerprint density at radius 1 is 1.26 bits per heavy atom. The Bertz CT molecular complexity index is 697. The SMILES string of the molecule is C[C@]12CCC(=O)C=C1C=CC1C2CC[C@@]2(C)C1C1C[C@@H]1[C@@H]2C#N. The highest BCUT2D eigenvalue weighted by Crippen LogP contribution is 2.74. The van der Waals surface area contributed by atoms with E-state index in [-0.39, 0.29) is 16.7 Å². The van der Waals surface area contributed by atoms with Gasteiger partial charge in [0.2, 0.25) is 0 Å². The maximum Gasteiger partial charge on any atom is 0.156 e. The first-order valence-electron chi connectivity index (χ1n) is 9.32. The molecule has 0 bridgehead atoms. The summed E-state index contributed by atoms with van der Waals surface area (Å²) in [5.74, 6) is 4.05. The first kappa shape index (κ1) is 14.0. The van der Waals surface area contributed by atoms with Gasteiger partial charge in [0, 0.05) is 6.42 Å². The first-order valence-corrected chi connectivity index (χ1v) is 9.32. The van der Waals surface area contributed by atoms with Gasteiger partial charge in [0.15, 0.2) is 5.78 Å². The average molecular weight is 307 g/mol. The summed E-state index contributed by atoms with van der Waals surface area (Å²) in [5, 5.41) is 9.72. The number of hydrogen-bond donors (Lipinski definition) is 0. The lowest BCUT2D eigenvalue weighted by molar-refractivity contribution is -0.116. The van der Waals surface area contributed by atoms with Crippen LogP contribution in [0.15, 0.2) is 23.8 Å². The number of hydrogen-bond acceptors (Lipinski definition) is 2. The summed E-state index contributed by atoms with van der Waals surface area (Å²) in [7, 11) is 0. The van der Waals surface area contributed by atoms with Crippen LogP contribution < -0.4 is 0 Å². The van der Waals surface area contributed by atoms with Gasteiger partial charge in [0.1, 0.15) is 0 Å². The van der Waals surface area contributed by atoms with Crippen LogP contribution in [0, 0.1) is 57.7 Å². The van der Waals surface area contributed by atoms with Gasteiger partial charge in [-0.25, -0.2) is 0 Å².